The fourth-order valence-corrected chi connectivity index (χ4v) is 1.76. The number of rotatable bonds is 1. The fourth-order valence-electron chi connectivity index (χ4n) is 1.76. The minimum absolute atomic E-state index is 0.224. The molecule has 1 N–H and O–H groups in total. The highest BCUT2D eigenvalue weighted by molar-refractivity contribution is 5.96. The van der Waals surface area contributed by atoms with Crippen molar-refractivity contribution in [2.24, 2.45) is 0 Å². The van der Waals surface area contributed by atoms with E-state index in [0.717, 1.165) is 18.7 Å². The van der Waals surface area contributed by atoms with Crippen molar-refractivity contribution in [2.75, 3.05) is 26.3 Å². The Morgan fingerprint density at radius 2 is 2.06 bits per heavy atom. The lowest BCUT2D eigenvalue weighted by atomic mass is 10.1. The molecule has 0 aromatic heterocycles. The number of hydrogen-bond acceptors (Lipinski definition) is 2. The van der Waals surface area contributed by atoms with Crippen molar-refractivity contribution in [3.63, 3.8) is 0 Å². The number of benzene rings is 1. The van der Waals surface area contributed by atoms with Crippen molar-refractivity contribution in [1.29, 1.82) is 5.41 Å². The highest BCUT2D eigenvalue weighted by atomic mass is 19.1. The Morgan fingerprint density at radius 1 is 1.38 bits per heavy atom. The highest BCUT2D eigenvalue weighted by Crippen LogP contribution is 2.12. The monoisotopic (exact) mass is 222 g/mol. The number of nitrogens with one attached hydrogen (secondary N) is 1. The zero-order valence-corrected chi connectivity index (χ0v) is 9.29. The van der Waals surface area contributed by atoms with E-state index in [0.29, 0.717) is 24.6 Å². The van der Waals surface area contributed by atoms with E-state index in [1.54, 1.807) is 19.1 Å². The highest BCUT2D eigenvalue weighted by Gasteiger charge is 2.15. The van der Waals surface area contributed by atoms with Gasteiger partial charge in [-0.3, -0.25) is 5.41 Å². The van der Waals surface area contributed by atoms with Gasteiger partial charge in [-0.1, -0.05) is 0 Å². The van der Waals surface area contributed by atoms with Crippen LogP contribution in [-0.2, 0) is 4.74 Å². The van der Waals surface area contributed by atoms with E-state index >= 15 is 0 Å². The summed E-state index contributed by atoms with van der Waals surface area (Å²) in [6.07, 6.45) is 0. The van der Waals surface area contributed by atoms with Gasteiger partial charge in [0.15, 0.2) is 0 Å². The molecule has 1 aliphatic rings. The lowest BCUT2D eigenvalue weighted by Gasteiger charge is -2.29. The zero-order chi connectivity index (χ0) is 11.5. The van der Waals surface area contributed by atoms with Crippen LogP contribution >= 0.6 is 0 Å². The number of morpholine rings is 1. The van der Waals surface area contributed by atoms with Crippen LogP contribution in [-0.4, -0.2) is 37.0 Å². The third-order valence-electron chi connectivity index (χ3n) is 2.76. The summed E-state index contributed by atoms with van der Waals surface area (Å²) >= 11 is 0. The number of amidine groups is 1. The zero-order valence-electron chi connectivity index (χ0n) is 9.29. The molecule has 4 heteroatoms. The SMILES string of the molecule is Cc1cc(C(=N)N2CCOCC2)ccc1F. The maximum Gasteiger partial charge on any atom is 0.128 e. The van der Waals surface area contributed by atoms with Crippen LogP contribution in [0.3, 0.4) is 0 Å². The summed E-state index contributed by atoms with van der Waals surface area (Å²) in [4.78, 5) is 1.95. The Morgan fingerprint density at radius 3 is 2.69 bits per heavy atom. The van der Waals surface area contributed by atoms with E-state index in [4.69, 9.17) is 10.1 Å². The molecule has 1 aliphatic heterocycles. The third-order valence-corrected chi connectivity index (χ3v) is 2.76. The maximum absolute atomic E-state index is 13.1. The lowest BCUT2D eigenvalue weighted by molar-refractivity contribution is 0.0680. The van der Waals surface area contributed by atoms with Gasteiger partial charge >= 0.3 is 0 Å². The first-order chi connectivity index (χ1) is 7.68. The van der Waals surface area contributed by atoms with Crippen molar-refractivity contribution in [1.82, 2.24) is 4.90 Å². The lowest BCUT2D eigenvalue weighted by Crippen LogP contribution is -2.40. The van der Waals surface area contributed by atoms with Gasteiger partial charge in [0.1, 0.15) is 11.7 Å². The maximum atomic E-state index is 13.1. The van der Waals surface area contributed by atoms with Gasteiger partial charge in [0, 0.05) is 18.7 Å². The molecule has 2 rings (SSSR count). The van der Waals surface area contributed by atoms with Crippen LogP contribution in [0.1, 0.15) is 11.1 Å². The van der Waals surface area contributed by atoms with E-state index in [9.17, 15) is 4.39 Å². The number of halogens is 1. The molecule has 86 valence electrons. The average molecular weight is 222 g/mol. The molecule has 0 atom stereocenters. The second kappa shape index (κ2) is 4.61. The molecular formula is C12H15FN2O. The number of hydrogen-bond donors (Lipinski definition) is 1. The van der Waals surface area contributed by atoms with E-state index in [2.05, 4.69) is 0 Å². The van der Waals surface area contributed by atoms with Crippen LogP contribution in [0.15, 0.2) is 18.2 Å². The molecular weight excluding hydrogens is 207 g/mol. The predicted octanol–water partition coefficient (Wildman–Crippen LogP) is 1.79. The van der Waals surface area contributed by atoms with E-state index < -0.39 is 0 Å². The Balaban J connectivity index is 2.16. The molecule has 0 amide bonds. The van der Waals surface area contributed by atoms with Crippen LogP contribution in [0, 0.1) is 18.2 Å². The third kappa shape index (κ3) is 2.22. The molecule has 1 saturated heterocycles. The molecule has 1 aromatic carbocycles. The molecule has 1 aromatic rings. The predicted molar refractivity (Wildman–Crippen MR) is 60.4 cm³/mol. The largest absolute Gasteiger partial charge is 0.378 e. The van der Waals surface area contributed by atoms with Crippen molar-refractivity contribution in [3.8, 4) is 0 Å². The molecule has 0 bridgehead atoms. The number of ether oxygens (including phenoxy) is 1. The van der Waals surface area contributed by atoms with Crippen LogP contribution in [0.4, 0.5) is 4.39 Å². The number of nitrogens with zero attached hydrogens (tertiary/aromatic N) is 1. The minimum atomic E-state index is -0.224. The normalized spacial score (nSPS) is 16.2. The molecule has 0 radical (unpaired) electrons. The van der Waals surface area contributed by atoms with Crippen LogP contribution < -0.4 is 0 Å². The summed E-state index contributed by atoms with van der Waals surface area (Å²) in [5, 5.41) is 8.04. The van der Waals surface area contributed by atoms with Gasteiger partial charge in [-0.05, 0) is 30.7 Å². The van der Waals surface area contributed by atoms with Crippen molar-refractivity contribution < 1.29 is 9.13 Å². The smallest absolute Gasteiger partial charge is 0.128 e. The van der Waals surface area contributed by atoms with Gasteiger partial charge in [0.05, 0.1) is 13.2 Å². The summed E-state index contributed by atoms with van der Waals surface area (Å²) in [5.41, 5.74) is 1.34. The van der Waals surface area contributed by atoms with Gasteiger partial charge in [0.2, 0.25) is 0 Å². The quantitative estimate of drug-likeness (QED) is 0.581. The summed E-state index contributed by atoms with van der Waals surface area (Å²) in [7, 11) is 0. The van der Waals surface area contributed by atoms with Crippen LogP contribution in [0.25, 0.3) is 0 Å². The van der Waals surface area contributed by atoms with Crippen molar-refractivity contribution in [3.05, 3.63) is 35.1 Å². The molecule has 16 heavy (non-hydrogen) atoms. The molecule has 3 nitrogen and oxygen atoms in total. The van der Waals surface area contributed by atoms with Gasteiger partial charge in [-0.15, -0.1) is 0 Å². The molecule has 0 aliphatic carbocycles. The van der Waals surface area contributed by atoms with Crippen LogP contribution in [0.2, 0.25) is 0 Å². The first-order valence-corrected chi connectivity index (χ1v) is 5.36. The minimum Gasteiger partial charge on any atom is -0.378 e. The Bertz CT molecular complexity index is 400. The van der Waals surface area contributed by atoms with Crippen molar-refractivity contribution in [2.45, 2.75) is 6.92 Å². The molecule has 1 heterocycles. The second-order valence-corrected chi connectivity index (χ2v) is 3.91. The Hall–Kier alpha value is -1.42. The van der Waals surface area contributed by atoms with E-state index in [1.807, 2.05) is 4.90 Å². The molecule has 0 spiro atoms. The van der Waals surface area contributed by atoms with Crippen LogP contribution in [0.5, 0.6) is 0 Å². The first kappa shape index (κ1) is 11.1. The summed E-state index contributed by atoms with van der Waals surface area (Å²) < 4.78 is 18.3. The number of aryl methyl sites for hydroxylation is 1. The second-order valence-electron chi connectivity index (χ2n) is 3.91. The van der Waals surface area contributed by atoms with E-state index in [1.165, 1.54) is 6.07 Å². The summed E-state index contributed by atoms with van der Waals surface area (Å²) in [6, 6.07) is 4.78. The summed E-state index contributed by atoms with van der Waals surface area (Å²) in [6.45, 7) is 4.49. The average Bonchev–Trinajstić information content (AvgIpc) is 2.33. The molecule has 0 saturated carbocycles. The molecule has 1 fully saturated rings. The van der Waals surface area contributed by atoms with Gasteiger partial charge in [-0.2, -0.15) is 0 Å². The fraction of sp³-hybridized carbons (Fsp3) is 0.417. The van der Waals surface area contributed by atoms with Crippen molar-refractivity contribution >= 4 is 5.84 Å². The van der Waals surface area contributed by atoms with Gasteiger partial charge < -0.3 is 9.64 Å². The van der Waals surface area contributed by atoms with E-state index in [-0.39, 0.29) is 5.82 Å². The Labute approximate surface area is 94.3 Å². The van der Waals surface area contributed by atoms with Gasteiger partial charge in [-0.25, -0.2) is 4.39 Å². The summed E-state index contributed by atoms with van der Waals surface area (Å²) in [5.74, 6) is 0.227. The van der Waals surface area contributed by atoms with Gasteiger partial charge in [0.25, 0.3) is 0 Å². The molecule has 0 unspecified atom stereocenters. The topological polar surface area (TPSA) is 36.3 Å². The first-order valence-electron chi connectivity index (χ1n) is 5.36. The standard InChI is InChI=1S/C12H15FN2O/c1-9-8-10(2-3-11(9)13)12(14)15-4-6-16-7-5-15/h2-3,8,14H,4-7H2,1H3. The Kier molecular flexibility index (Phi) is 3.19.